The maximum atomic E-state index is 5.63. The summed E-state index contributed by atoms with van der Waals surface area (Å²) in [6, 6.07) is 0.536. The first-order valence-electron chi connectivity index (χ1n) is 5.47. The van der Waals surface area contributed by atoms with E-state index < -0.39 is 0 Å². The third kappa shape index (κ3) is 8.08. The van der Waals surface area contributed by atoms with E-state index in [0.29, 0.717) is 6.04 Å². The molecule has 2 aliphatic rings. The van der Waals surface area contributed by atoms with Crippen LogP contribution in [0.3, 0.4) is 0 Å². The van der Waals surface area contributed by atoms with Crippen LogP contribution in [-0.2, 0) is 32.7 Å². The first-order chi connectivity index (χ1) is 5.89. The fourth-order valence-electron chi connectivity index (χ4n) is 1.86. The molecule has 0 heterocycles. The molecule has 2 saturated carbocycles. The van der Waals surface area contributed by atoms with E-state index in [4.69, 9.17) is 5.73 Å². The Labute approximate surface area is 108 Å². The van der Waals surface area contributed by atoms with Gasteiger partial charge in [-0.15, -0.1) is 0 Å². The summed E-state index contributed by atoms with van der Waals surface area (Å²) < 4.78 is 0. The molecule has 0 spiro atoms. The monoisotopic (exact) mass is 257 g/mol. The molecule has 13 heavy (non-hydrogen) atoms. The molecule has 1 radical (unpaired) electrons. The number of hydrogen-bond donors (Lipinski definition) is 1. The summed E-state index contributed by atoms with van der Waals surface area (Å²) in [6.07, 6.45) is 14.7. The molecule has 0 aliphatic heterocycles. The van der Waals surface area contributed by atoms with Crippen molar-refractivity contribution < 1.29 is 32.7 Å². The van der Waals surface area contributed by atoms with Gasteiger partial charge in [0.15, 0.2) is 0 Å². The van der Waals surface area contributed by atoms with Gasteiger partial charge in [-0.1, -0.05) is 32.1 Å². The maximum Gasteiger partial charge on any atom is 0.00388 e. The fraction of sp³-hybridized carbons (Fsp3) is 0.909. The molecular formula is C11H22NY-. The van der Waals surface area contributed by atoms with Crippen LogP contribution in [0.15, 0.2) is 0 Å². The number of rotatable bonds is 0. The summed E-state index contributed by atoms with van der Waals surface area (Å²) in [5.41, 5.74) is 5.63. The predicted octanol–water partition coefficient (Wildman–Crippen LogP) is 3.04. The minimum atomic E-state index is 0. The summed E-state index contributed by atoms with van der Waals surface area (Å²) in [5, 5.41) is 0. The van der Waals surface area contributed by atoms with Gasteiger partial charge in [0, 0.05) is 38.8 Å². The second kappa shape index (κ2) is 9.61. The minimum absolute atomic E-state index is 0. The van der Waals surface area contributed by atoms with Crippen LogP contribution in [0.4, 0.5) is 0 Å². The molecule has 0 bridgehead atoms. The van der Waals surface area contributed by atoms with Gasteiger partial charge in [-0.2, -0.15) is 12.8 Å². The molecule has 0 unspecified atom stereocenters. The van der Waals surface area contributed by atoms with Crippen LogP contribution in [0, 0.1) is 6.42 Å². The minimum Gasteiger partial charge on any atom is -0.328 e. The summed E-state index contributed by atoms with van der Waals surface area (Å²) in [4.78, 5) is 0. The second-order valence-corrected chi connectivity index (χ2v) is 3.97. The van der Waals surface area contributed by atoms with E-state index in [0.717, 1.165) is 0 Å². The van der Waals surface area contributed by atoms with Crippen molar-refractivity contribution in [1.29, 1.82) is 0 Å². The summed E-state index contributed by atoms with van der Waals surface area (Å²) in [5.74, 6) is 0. The van der Waals surface area contributed by atoms with E-state index >= 15 is 0 Å². The smallest absolute Gasteiger partial charge is 0.00388 e. The van der Waals surface area contributed by atoms with Gasteiger partial charge in [0.05, 0.1) is 0 Å². The average molecular weight is 257 g/mol. The molecule has 75 valence electrons. The van der Waals surface area contributed by atoms with Crippen molar-refractivity contribution in [3.63, 3.8) is 0 Å². The molecule has 0 aromatic heterocycles. The van der Waals surface area contributed by atoms with E-state index in [1.807, 2.05) is 0 Å². The molecule has 0 aromatic rings. The largest absolute Gasteiger partial charge is 0.328 e. The van der Waals surface area contributed by atoms with Gasteiger partial charge in [-0.05, 0) is 12.8 Å². The Bertz CT molecular complexity index is 88.7. The van der Waals surface area contributed by atoms with Crippen molar-refractivity contribution in [3.05, 3.63) is 6.42 Å². The molecule has 2 aliphatic carbocycles. The van der Waals surface area contributed by atoms with Crippen LogP contribution in [0.1, 0.15) is 57.8 Å². The predicted molar refractivity (Wildman–Crippen MR) is 53.8 cm³/mol. The Morgan fingerprint density at radius 3 is 1.62 bits per heavy atom. The van der Waals surface area contributed by atoms with E-state index in [1.165, 1.54) is 57.8 Å². The molecule has 1 nitrogen and oxygen atoms in total. The molecule has 2 rings (SSSR count). The van der Waals surface area contributed by atoms with Gasteiger partial charge in [-0.3, -0.25) is 0 Å². The normalized spacial score (nSPS) is 22.8. The van der Waals surface area contributed by atoms with Crippen LogP contribution in [0.5, 0.6) is 0 Å². The molecule has 0 atom stereocenters. The standard InChI is InChI=1S/C6H13N.C5H9.Y/c7-6-4-2-1-3-5-6;1-2-4-5-3-1;/h6H,1-5,7H2;1H,2-5H2;/q;-1;. The quantitative estimate of drug-likeness (QED) is 0.663. The van der Waals surface area contributed by atoms with E-state index in [2.05, 4.69) is 6.42 Å². The van der Waals surface area contributed by atoms with Crippen LogP contribution in [0.2, 0.25) is 0 Å². The summed E-state index contributed by atoms with van der Waals surface area (Å²) in [7, 11) is 0. The third-order valence-corrected chi connectivity index (χ3v) is 2.72. The van der Waals surface area contributed by atoms with Gasteiger partial charge in [-0.25, -0.2) is 0 Å². The molecule has 0 aromatic carbocycles. The van der Waals surface area contributed by atoms with Gasteiger partial charge in [0.2, 0.25) is 0 Å². The zero-order valence-corrected chi connectivity index (χ0v) is 11.5. The summed E-state index contributed by atoms with van der Waals surface area (Å²) >= 11 is 0. The van der Waals surface area contributed by atoms with Crippen molar-refractivity contribution in [2.75, 3.05) is 0 Å². The molecule has 2 fully saturated rings. The molecular weight excluding hydrogens is 235 g/mol. The Hall–Kier alpha value is 1.06. The molecule has 0 amide bonds. The fourth-order valence-corrected chi connectivity index (χ4v) is 1.86. The van der Waals surface area contributed by atoms with Crippen molar-refractivity contribution in [2.45, 2.75) is 63.8 Å². The van der Waals surface area contributed by atoms with E-state index in [1.54, 1.807) is 0 Å². The topological polar surface area (TPSA) is 26.0 Å². The zero-order valence-electron chi connectivity index (χ0n) is 8.67. The van der Waals surface area contributed by atoms with Crippen LogP contribution < -0.4 is 5.73 Å². The van der Waals surface area contributed by atoms with Crippen LogP contribution >= 0.6 is 0 Å². The van der Waals surface area contributed by atoms with Crippen molar-refractivity contribution >= 4 is 0 Å². The number of nitrogens with two attached hydrogens (primary N) is 1. The third-order valence-electron chi connectivity index (χ3n) is 2.72. The van der Waals surface area contributed by atoms with Gasteiger partial charge in [0.1, 0.15) is 0 Å². The first kappa shape index (κ1) is 14.1. The average Bonchev–Trinajstić information content (AvgIpc) is 2.62. The van der Waals surface area contributed by atoms with Gasteiger partial charge >= 0.3 is 0 Å². The summed E-state index contributed by atoms with van der Waals surface area (Å²) in [6.45, 7) is 0. The molecule has 2 N–H and O–H groups in total. The molecule has 0 saturated heterocycles. The maximum absolute atomic E-state index is 5.63. The van der Waals surface area contributed by atoms with Gasteiger partial charge in [0.25, 0.3) is 0 Å². The second-order valence-electron chi connectivity index (χ2n) is 3.97. The van der Waals surface area contributed by atoms with Crippen LogP contribution in [-0.4, -0.2) is 6.04 Å². The Kier molecular flexibility index (Phi) is 10.4. The van der Waals surface area contributed by atoms with Crippen molar-refractivity contribution in [3.8, 4) is 0 Å². The number of hydrogen-bond acceptors (Lipinski definition) is 1. The first-order valence-corrected chi connectivity index (χ1v) is 5.47. The van der Waals surface area contributed by atoms with Gasteiger partial charge < -0.3 is 12.2 Å². The Balaban J connectivity index is 0.000000215. The zero-order chi connectivity index (χ0) is 8.65. The Morgan fingerprint density at radius 2 is 1.38 bits per heavy atom. The Morgan fingerprint density at radius 1 is 0.846 bits per heavy atom. The van der Waals surface area contributed by atoms with Crippen molar-refractivity contribution in [1.82, 2.24) is 0 Å². The molecule has 2 heteroatoms. The van der Waals surface area contributed by atoms with Crippen LogP contribution in [0.25, 0.3) is 0 Å². The van der Waals surface area contributed by atoms with E-state index in [9.17, 15) is 0 Å². The van der Waals surface area contributed by atoms with Crippen molar-refractivity contribution in [2.24, 2.45) is 5.73 Å². The SMILES string of the molecule is NC1CCCCC1.[CH-]1CCCC1.[Y]. The van der Waals surface area contributed by atoms with E-state index in [-0.39, 0.29) is 32.7 Å².